The summed E-state index contributed by atoms with van der Waals surface area (Å²) >= 11 is 0. The lowest BCUT2D eigenvalue weighted by atomic mass is 10.3. The van der Waals surface area contributed by atoms with Gasteiger partial charge in [-0.25, -0.2) is 8.78 Å². The third-order valence-electron chi connectivity index (χ3n) is 1.87. The second kappa shape index (κ2) is 2.87. The summed E-state index contributed by atoms with van der Waals surface area (Å²) in [7, 11) is 0. The van der Waals surface area contributed by atoms with E-state index in [1.54, 1.807) is 0 Å². The van der Waals surface area contributed by atoms with Gasteiger partial charge in [-0.15, -0.1) is 0 Å². The van der Waals surface area contributed by atoms with E-state index >= 15 is 0 Å². The Morgan fingerprint density at radius 2 is 1.85 bits per heavy atom. The Labute approximate surface area is 74.3 Å². The first-order chi connectivity index (χ1) is 6.16. The largest absolute Gasteiger partial charge is 0.488 e. The first-order valence-corrected chi connectivity index (χ1v) is 4.08. The van der Waals surface area contributed by atoms with Crippen LogP contribution in [0.3, 0.4) is 0 Å². The van der Waals surface area contributed by atoms with Gasteiger partial charge >= 0.3 is 0 Å². The van der Waals surface area contributed by atoms with E-state index in [2.05, 4.69) is 0 Å². The van der Waals surface area contributed by atoms with Crippen molar-refractivity contribution in [3.8, 4) is 5.75 Å². The minimum Gasteiger partial charge on any atom is -0.488 e. The van der Waals surface area contributed by atoms with Crippen LogP contribution in [0.4, 0.5) is 14.5 Å². The molecule has 0 heterocycles. The summed E-state index contributed by atoms with van der Waals surface area (Å²) in [6, 6.07) is 1.93. The van der Waals surface area contributed by atoms with Gasteiger partial charge in [-0.05, 0) is 12.8 Å². The highest BCUT2D eigenvalue weighted by Crippen LogP contribution is 2.31. The third kappa shape index (κ3) is 1.71. The molecule has 70 valence electrons. The molecule has 1 aromatic rings. The Bertz CT molecular complexity index is 337. The van der Waals surface area contributed by atoms with Crippen LogP contribution in [0.2, 0.25) is 0 Å². The molecular weight excluding hydrogens is 176 g/mol. The summed E-state index contributed by atoms with van der Waals surface area (Å²) in [4.78, 5) is 0. The van der Waals surface area contributed by atoms with Gasteiger partial charge < -0.3 is 10.5 Å². The number of hydrogen-bond donors (Lipinski definition) is 1. The summed E-state index contributed by atoms with van der Waals surface area (Å²) in [6.07, 6.45) is 2.05. The lowest BCUT2D eigenvalue weighted by molar-refractivity contribution is 0.302. The second-order valence-electron chi connectivity index (χ2n) is 3.12. The van der Waals surface area contributed by atoms with Gasteiger partial charge in [0, 0.05) is 12.1 Å². The van der Waals surface area contributed by atoms with Gasteiger partial charge in [0.25, 0.3) is 0 Å². The summed E-state index contributed by atoms with van der Waals surface area (Å²) in [6.45, 7) is 0. The van der Waals surface area contributed by atoms with E-state index in [0.29, 0.717) is 0 Å². The SMILES string of the molecule is Nc1cc(F)c(F)cc1OC1CC1. The lowest BCUT2D eigenvalue weighted by Crippen LogP contribution is -2.01. The molecule has 0 bridgehead atoms. The van der Waals surface area contributed by atoms with Crippen molar-refractivity contribution < 1.29 is 13.5 Å². The lowest BCUT2D eigenvalue weighted by Gasteiger charge is -2.07. The molecule has 1 aliphatic carbocycles. The minimum absolute atomic E-state index is 0.132. The topological polar surface area (TPSA) is 35.2 Å². The fourth-order valence-electron chi connectivity index (χ4n) is 1.01. The predicted octanol–water partition coefficient (Wildman–Crippen LogP) is 2.09. The number of ether oxygens (including phenoxy) is 1. The quantitative estimate of drug-likeness (QED) is 0.716. The van der Waals surface area contributed by atoms with Crippen LogP contribution in [0.5, 0.6) is 5.75 Å². The van der Waals surface area contributed by atoms with Crippen LogP contribution in [0.15, 0.2) is 12.1 Å². The van der Waals surface area contributed by atoms with E-state index in [0.717, 1.165) is 25.0 Å². The van der Waals surface area contributed by atoms with Crippen molar-refractivity contribution in [2.45, 2.75) is 18.9 Å². The van der Waals surface area contributed by atoms with E-state index < -0.39 is 11.6 Å². The number of benzene rings is 1. The molecule has 0 spiro atoms. The zero-order chi connectivity index (χ0) is 9.42. The average molecular weight is 185 g/mol. The molecular formula is C9H9F2NO. The molecule has 13 heavy (non-hydrogen) atoms. The Morgan fingerprint density at radius 1 is 1.23 bits per heavy atom. The van der Waals surface area contributed by atoms with Gasteiger partial charge in [-0.2, -0.15) is 0 Å². The highest BCUT2D eigenvalue weighted by atomic mass is 19.2. The van der Waals surface area contributed by atoms with E-state index in [4.69, 9.17) is 10.5 Å². The zero-order valence-corrected chi connectivity index (χ0v) is 6.89. The van der Waals surface area contributed by atoms with E-state index in [1.807, 2.05) is 0 Å². The van der Waals surface area contributed by atoms with Crippen LogP contribution < -0.4 is 10.5 Å². The van der Waals surface area contributed by atoms with Crippen LogP contribution >= 0.6 is 0 Å². The number of anilines is 1. The molecule has 0 radical (unpaired) electrons. The fraction of sp³-hybridized carbons (Fsp3) is 0.333. The average Bonchev–Trinajstić information content (AvgIpc) is 2.84. The van der Waals surface area contributed by atoms with Gasteiger partial charge in [0.2, 0.25) is 0 Å². The predicted molar refractivity (Wildman–Crippen MR) is 44.4 cm³/mol. The number of nitrogen functional groups attached to an aromatic ring is 1. The smallest absolute Gasteiger partial charge is 0.162 e. The molecule has 2 nitrogen and oxygen atoms in total. The third-order valence-corrected chi connectivity index (χ3v) is 1.87. The van der Waals surface area contributed by atoms with Crippen LogP contribution in [0.25, 0.3) is 0 Å². The molecule has 1 aliphatic rings. The molecule has 0 amide bonds. The maximum absolute atomic E-state index is 12.7. The molecule has 2 rings (SSSR count). The number of halogens is 2. The van der Waals surface area contributed by atoms with Crippen LogP contribution in [0, 0.1) is 11.6 Å². The number of hydrogen-bond acceptors (Lipinski definition) is 2. The number of nitrogens with two attached hydrogens (primary N) is 1. The Kier molecular flexibility index (Phi) is 1.83. The highest BCUT2D eigenvalue weighted by molar-refractivity contribution is 5.52. The van der Waals surface area contributed by atoms with Crippen LogP contribution in [-0.4, -0.2) is 6.10 Å². The normalized spacial score (nSPS) is 15.8. The Balaban J connectivity index is 2.27. The fourth-order valence-corrected chi connectivity index (χ4v) is 1.01. The zero-order valence-electron chi connectivity index (χ0n) is 6.89. The standard InChI is InChI=1S/C9H9F2NO/c10-6-3-8(12)9(4-7(6)11)13-5-1-2-5/h3-5H,1-2,12H2. The monoisotopic (exact) mass is 185 g/mol. The summed E-state index contributed by atoms with van der Waals surface area (Å²) < 4.78 is 30.6. The van der Waals surface area contributed by atoms with Gasteiger partial charge in [-0.1, -0.05) is 0 Å². The molecule has 0 aromatic heterocycles. The molecule has 0 atom stereocenters. The van der Waals surface area contributed by atoms with Crippen LogP contribution in [-0.2, 0) is 0 Å². The van der Waals surface area contributed by atoms with Crippen molar-refractivity contribution in [2.24, 2.45) is 0 Å². The van der Waals surface area contributed by atoms with Crippen molar-refractivity contribution in [3.63, 3.8) is 0 Å². The minimum atomic E-state index is -0.944. The van der Waals surface area contributed by atoms with Crippen LogP contribution in [0.1, 0.15) is 12.8 Å². The maximum atomic E-state index is 12.7. The van der Waals surface area contributed by atoms with Crippen molar-refractivity contribution in [1.82, 2.24) is 0 Å². The highest BCUT2D eigenvalue weighted by Gasteiger charge is 2.24. The van der Waals surface area contributed by atoms with Crippen molar-refractivity contribution >= 4 is 5.69 Å². The summed E-state index contributed by atoms with van der Waals surface area (Å²) in [5.74, 6) is -1.63. The van der Waals surface area contributed by atoms with Crippen molar-refractivity contribution in [1.29, 1.82) is 0 Å². The Hall–Kier alpha value is -1.32. The van der Waals surface area contributed by atoms with Gasteiger partial charge in [0.05, 0.1) is 11.8 Å². The first-order valence-electron chi connectivity index (χ1n) is 4.08. The molecule has 0 saturated heterocycles. The van der Waals surface area contributed by atoms with Gasteiger partial charge in [-0.3, -0.25) is 0 Å². The van der Waals surface area contributed by atoms with Gasteiger partial charge in [0.15, 0.2) is 11.6 Å². The van der Waals surface area contributed by atoms with Crippen molar-refractivity contribution in [3.05, 3.63) is 23.8 Å². The molecule has 4 heteroatoms. The first kappa shape index (κ1) is 8.29. The summed E-state index contributed by atoms with van der Waals surface area (Å²) in [5, 5.41) is 0. The molecule has 1 aromatic carbocycles. The molecule has 2 N–H and O–H groups in total. The van der Waals surface area contributed by atoms with E-state index in [9.17, 15) is 8.78 Å². The van der Waals surface area contributed by atoms with Gasteiger partial charge in [0.1, 0.15) is 5.75 Å². The summed E-state index contributed by atoms with van der Waals surface area (Å²) in [5.41, 5.74) is 5.58. The molecule has 1 fully saturated rings. The second-order valence-corrected chi connectivity index (χ2v) is 3.12. The van der Waals surface area contributed by atoms with E-state index in [-0.39, 0.29) is 17.5 Å². The molecule has 0 aliphatic heterocycles. The molecule has 0 unspecified atom stereocenters. The van der Waals surface area contributed by atoms with Crippen molar-refractivity contribution in [2.75, 3.05) is 5.73 Å². The maximum Gasteiger partial charge on any atom is 0.162 e. The van der Waals surface area contributed by atoms with E-state index in [1.165, 1.54) is 0 Å². The molecule has 1 saturated carbocycles. The Morgan fingerprint density at radius 3 is 2.46 bits per heavy atom. The number of rotatable bonds is 2.